The molecule has 2 N–H and O–H groups in total. The highest BCUT2D eigenvalue weighted by atomic mass is 16.5. The van der Waals surface area contributed by atoms with Crippen molar-refractivity contribution in [1.82, 2.24) is 25.2 Å². The monoisotopic (exact) mass is 275 g/mol. The highest BCUT2D eigenvalue weighted by Gasteiger charge is 2.17. The normalized spacial score (nSPS) is 19.1. The van der Waals surface area contributed by atoms with Crippen molar-refractivity contribution in [3.63, 3.8) is 0 Å². The van der Waals surface area contributed by atoms with Crippen LogP contribution in [-0.4, -0.2) is 46.3 Å². The summed E-state index contributed by atoms with van der Waals surface area (Å²) >= 11 is 0. The molecule has 7 heteroatoms. The molecule has 1 aliphatic rings. The molecule has 20 heavy (non-hydrogen) atoms. The number of ether oxygens (including phenoxy) is 1. The van der Waals surface area contributed by atoms with Crippen LogP contribution in [0, 0.1) is 0 Å². The topological polar surface area (TPSA) is 80.5 Å². The third kappa shape index (κ3) is 2.94. The minimum absolute atomic E-state index is 0.0358. The Morgan fingerprint density at radius 1 is 1.50 bits per heavy atom. The number of nitrogens with zero attached hydrogens (tertiary/aromatic N) is 3. The number of carbonyl (C=O) groups excluding carboxylic acids is 1. The van der Waals surface area contributed by atoms with Crippen LogP contribution in [0.4, 0.5) is 0 Å². The molecule has 2 aromatic rings. The number of rotatable bonds is 4. The van der Waals surface area contributed by atoms with Gasteiger partial charge in [0.25, 0.3) is 0 Å². The van der Waals surface area contributed by atoms with Gasteiger partial charge in [0.05, 0.1) is 25.7 Å². The first kappa shape index (κ1) is 13.0. The molecule has 0 bridgehead atoms. The Bertz CT molecular complexity index is 591. The Morgan fingerprint density at radius 3 is 3.30 bits per heavy atom. The Morgan fingerprint density at radius 2 is 2.45 bits per heavy atom. The van der Waals surface area contributed by atoms with Crippen molar-refractivity contribution in [2.75, 3.05) is 19.7 Å². The van der Waals surface area contributed by atoms with Gasteiger partial charge >= 0.3 is 0 Å². The molecule has 2 aromatic heterocycles. The van der Waals surface area contributed by atoms with Crippen LogP contribution in [0.5, 0.6) is 0 Å². The van der Waals surface area contributed by atoms with Gasteiger partial charge in [0.2, 0.25) is 5.91 Å². The maximum Gasteiger partial charge on any atom is 0.223 e. The van der Waals surface area contributed by atoms with E-state index in [2.05, 4.69) is 20.8 Å². The zero-order valence-electron chi connectivity index (χ0n) is 11.1. The van der Waals surface area contributed by atoms with Crippen molar-refractivity contribution < 1.29 is 9.53 Å². The molecule has 0 spiro atoms. The number of nitrogens with one attached hydrogen (secondary N) is 2. The quantitative estimate of drug-likeness (QED) is 0.802. The van der Waals surface area contributed by atoms with Crippen molar-refractivity contribution in [2.45, 2.75) is 19.1 Å². The second-order valence-corrected chi connectivity index (χ2v) is 4.72. The van der Waals surface area contributed by atoms with E-state index < -0.39 is 0 Å². The van der Waals surface area contributed by atoms with Crippen molar-refractivity contribution in [3.8, 4) is 0 Å². The van der Waals surface area contributed by atoms with Gasteiger partial charge in [-0.1, -0.05) is 6.07 Å². The number of carbonyl (C=O) groups is 1. The second kappa shape index (κ2) is 5.98. The van der Waals surface area contributed by atoms with Gasteiger partial charge < -0.3 is 15.4 Å². The van der Waals surface area contributed by atoms with Crippen molar-refractivity contribution in [2.24, 2.45) is 0 Å². The van der Waals surface area contributed by atoms with E-state index in [0.29, 0.717) is 19.6 Å². The smallest absolute Gasteiger partial charge is 0.223 e. The van der Waals surface area contributed by atoms with Crippen LogP contribution < -0.4 is 10.6 Å². The Balaban J connectivity index is 1.54. The first-order valence-electron chi connectivity index (χ1n) is 6.70. The molecule has 1 aliphatic heterocycles. The van der Waals surface area contributed by atoms with Gasteiger partial charge in [-0.05, 0) is 12.1 Å². The van der Waals surface area contributed by atoms with E-state index in [-0.39, 0.29) is 12.0 Å². The third-order valence-corrected chi connectivity index (χ3v) is 3.25. The van der Waals surface area contributed by atoms with E-state index in [0.717, 1.165) is 24.6 Å². The summed E-state index contributed by atoms with van der Waals surface area (Å²) in [5.74, 6) is 0.683. The molecule has 1 atom stereocenters. The molecule has 106 valence electrons. The molecule has 1 amide bonds. The molecule has 1 fully saturated rings. The Hall–Kier alpha value is -1.99. The summed E-state index contributed by atoms with van der Waals surface area (Å²) < 4.78 is 7.36. The van der Waals surface area contributed by atoms with Crippen LogP contribution in [0.1, 0.15) is 12.2 Å². The fourth-order valence-corrected chi connectivity index (χ4v) is 2.22. The van der Waals surface area contributed by atoms with Crippen LogP contribution >= 0.6 is 0 Å². The summed E-state index contributed by atoms with van der Waals surface area (Å²) in [4.78, 5) is 11.9. The summed E-state index contributed by atoms with van der Waals surface area (Å²) in [5, 5.41) is 14.2. The van der Waals surface area contributed by atoms with E-state index in [4.69, 9.17) is 4.74 Å². The second-order valence-electron chi connectivity index (χ2n) is 4.72. The van der Waals surface area contributed by atoms with Crippen LogP contribution in [-0.2, 0) is 16.1 Å². The number of hydrogen-bond donors (Lipinski definition) is 2. The largest absolute Gasteiger partial charge is 0.375 e. The molecule has 3 heterocycles. The van der Waals surface area contributed by atoms with Crippen molar-refractivity contribution in [3.05, 3.63) is 30.2 Å². The summed E-state index contributed by atoms with van der Waals surface area (Å²) in [6, 6.07) is 5.68. The maximum atomic E-state index is 11.9. The molecule has 0 aromatic carbocycles. The number of amides is 1. The maximum absolute atomic E-state index is 11.9. The number of fused-ring (bicyclic) bond motifs is 1. The van der Waals surface area contributed by atoms with Crippen molar-refractivity contribution in [1.29, 1.82) is 0 Å². The van der Waals surface area contributed by atoms with E-state index in [1.165, 1.54) is 0 Å². The van der Waals surface area contributed by atoms with E-state index in [1.807, 2.05) is 28.8 Å². The molecular formula is C13H17N5O2. The third-order valence-electron chi connectivity index (χ3n) is 3.25. The highest BCUT2D eigenvalue weighted by Crippen LogP contribution is 2.04. The van der Waals surface area contributed by atoms with Gasteiger partial charge in [-0.3, -0.25) is 9.20 Å². The van der Waals surface area contributed by atoms with Gasteiger partial charge in [-0.2, -0.15) is 0 Å². The summed E-state index contributed by atoms with van der Waals surface area (Å²) in [6.07, 6.45) is 2.20. The highest BCUT2D eigenvalue weighted by molar-refractivity contribution is 5.76. The average Bonchev–Trinajstić information content (AvgIpc) is 2.89. The molecule has 1 saturated heterocycles. The lowest BCUT2D eigenvalue weighted by Gasteiger charge is -2.22. The molecule has 0 aliphatic carbocycles. The molecule has 7 nitrogen and oxygen atoms in total. The minimum atomic E-state index is -0.0427. The number of pyridine rings is 1. The Labute approximate surface area is 116 Å². The van der Waals surface area contributed by atoms with Gasteiger partial charge in [0.1, 0.15) is 0 Å². The molecular weight excluding hydrogens is 258 g/mol. The minimum Gasteiger partial charge on any atom is -0.375 e. The summed E-state index contributed by atoms with van der Waals surface area (Å²) in [7, 11) is 0. The van der Waals surface area contributed by atoms with E-state index in [9.17, 15) is 4.79 Å². The van der Waals surface area contributed by atoms with Gasteiger partial charge in [0, 0.05) is 19.3 Å². The van der Waals surface area contributed by atoms with Crippen LogP contribution in [0.15, 0.2) is 24.4 Å². The lowest BCUT2D eigenvalue weighted by Crippen LogP contribution is -2.41. The molecule has 1 unspecified atom stereocenters. The summed E-state index contributed by atoms with van der Waals surface area (Å²) in [6.45, 7) is 2.60. The first-order valence-corrected chi connectivity index (χ1v) is 6.70. The van der Waals surface area contributed by atoms with Gasteiger partial charge in [0.15, 0.2) is 11.5 Å². The van der Waals surface area contributed by atoms with E-state index >= 15 is 0 Å². The fourth-order valence-electron chi connectivity index (χ4n) is 2.22. The summed E-state index contributed by atoms with van der Waals surface area (Å²) in [5.41, 5.74) is 0.775. The average molecular weight is 275 g/mol. The Kier molecular flexibility index (Phi) is 3.89. The van der Waals surface area contributed by atoms with E-state index in [1.54, 1.807) is 0 Å². The SMILES string of the molecule is O=C(CC1CNCCO1)NCc1nnc2ccccn12. The molecule has 0 saturated carbocycles. The predicted octanol–water partition coefficient (Wildman–Crippen LogP) is -0.276. The van der Waals surface area contributed by atoms with Crippen LogP contribution in [0.3, 0.4) is 0 Å². The van der Waals surface area contributed by atoms with Crippen molar-refractivity contribution >= 4 is 11.6 Å². The first-order chi connectivity index (χ1) is 9.83. The van der Waals surface area contributed by atoms with Crippen LogP contribution in [0.2, 0.25) is 0 Å². The fraction of sp³-hybridized carbons (Fsp3) is 0.462. The number of aromatic nitrogens is 3. The number of morpholine rings is 1. The lowest BCUT2D eigenvalue weighted by atomic mass is 10.2. The lowest BCUT2D eigenvalue weighted by molar-refractivity contribution is -0.124. The zero-order valence-corrected chi connectivity index (χ0v) is 11.1. The number of hydrogen-bond acceptors (Lipinski definition) is 5. The molecule has 0 radical (unpaired) electrons. The van der Waals surface area contributed by atoms with Crippen LogP contribution in [0.25, 0.3) is 5.65 Å². The standard InChI is InChI=1S/C13H17N5O2/c19-13(7-10-8-14-4-6-20-10)15-9-12-17-16-11-3-1-2-5-18(11)12/h1-3,5,10,14H,4,6-9H2,(H,15,19). The zero-order chi connectivity index (χ0) is 13.8. The predicted molar refractivity (Wildman–Crippen MR) is 72.1 cm³/mol. The van der Waals surface area contributed by atoms with Gasteiger partial charge in [-0.25, -0.2) is 0 Å². The van der Waals surface area contributed by atoms with Gasteiger partial charge in [-0.15, -0.1) is 10.2 Å². The molecule has 3 rings (SSSR count).